The molecule has 11 nitrogen and oxygen atoms in total. The van der Waals surface area contributed by atoms with Crippen molar-refractivity contribution in [3.63, 3.8) is 0 Å². The fraction of sp³-hybridized carbons (Fsp3) is 0.263. The number of amides is 2. The van der Waals surface area contributed by atoms with E-state index in [0.29, 0.717) is 23.5 Å². The van der Waals surface area contributed by atoms with Crippen LogP contribution in [0.4, 0.5) is 5.13 Å². The zero-order valence-electron chi connectivity index (χ0n) is 17.8. The van der Waals surface area contributed by atoms with Crippen LogP contribution >= 0.6 is 34.9 Å². The molecular weight excluding hydrogens is 511 g/mol. The Balaban J connectivity index is 0.00000324. The molecule has 0 radical (unpaired) electrons. The second kappa shape index (κ2) is 11.6. The molecule has 0 bridgehead atoms. The van der Waals surface area contributed by atoms with Gasteiger partial charge in [0, 0.05) is 34.2 Å². The number of fused-ring (bicyclic) bond motifs is 1. The largest absolute Gasteiger partial charge is 1.00 e. The molecule has 0 spiro atoms. The Bertz CT molecular complexity index is 1160. The second-order valence-corrected chi connectivity index (χ2v) is 10.1. The van der Waals surface area contributed by atoms with E-state index in [9.17, 15) is 24.7 Å². The molecule has 2 aliphatic rings. The van der Waals surface area contributed by atoms with E-state index in [0.717, 1.165) is 21.1 Å². The summed E-state index contributed by atoms with van der Waals surface area (Å²) in [6, 6.07) is 2.75. The third-order valence-corrected chi connectivity index (χ3v) is 7.96. The number of anilines is 1. The number of nitrogens with zero attached hydrogens (tertiary/aromatic N) is 4. The Hall–Kier alpha value is -2.10. The summed E-state index contributed by atoms with van der Waals surface area (Å²) >= 11 is 3.97. The van der Waals surface area contributed by atoms with E-state index in [1.807, 2.05) is 12.1 Å². The van der Waals surface area contributed by atoms with E-state index in [-0.39, 0.29) is 51.8 Å². The van der Waals surface area contributed by atoms with E-state index in [2.05, 4.69) is 20.4 Å². The number of nitrogens with two attached hydrogens (primary N) is 1. The Morgan fingerprint density at radius 1 is 1.38 bits per heavy atom. The number of thioether (sulfide) groups is 2. The first-order chi connectivity index (χ1) is 15.9. The van der Waals surface area contributed by atoms with Crippen molar-refractivity contribution >= 4 is 63.5 Å². The molecule has 0 unspecified atom stereocenters. The number of carbonyl (C=O) groups is 3. The van der Waals surface area contributed by atoms with Gasteiger partial charge in [-0.15, -0.1) is 34.9 Å². The van der Waals surface area contributed by atoms with E-state index in [1.54, 1.807) is 24.2 Å². The van der Waals surface area contributed by atoms with Crippen LogP contribution in [0.1, 0.15) is 12.1 Å². The predicted molar refractivity (Wildman–Crippen MR) is 121 cm³/mol. The fourth-order valence-corrected chi connectivity index (χ4v) is 6.24. The van der Waals surface area contributed by atoms with Crippen LogP contribution in [0.3, 0.4) is 0 Å². The van der Waals surface area contributed by atoms with Gasteiger partial charge in [0.15, 0.2) is 10.8 Å². The van der Waals surface area contributed by atoms with E-state index < -0.39 is 29.2 Å². The van der Waals surface area contributed by atoms with Gasteiger partial charge in [0.05, 0.1) is 11.7 Å². The number of aliphatic carboxylic acids is 1. The van der Waals surface area contributed by atoms with E-state index >= 15 is 0 Å². The summed E-state index contributed by atoms with van der Waals surface area (Å²) in [6.45, 7) is 0. The van der Waals surface area contributed by atoms with Crippen LogP contribution < -0.4 is 45.7 Å². The third kappa shape index (κ3) is 5.42. The molecule has 15 heteroatoms. The fourth-order valence-electron chi connectivity index (χ4n) is 3.41. The van der Waals surface area contributed by atoms with Crippen LogP contribution in [0, 0.1) is 0 Å². The van der Waals surface area contributed by atoms with Gasteiger partial charge in [-0.05, 0) is 24.1 Å². The molecular formula is C19H17N6NaO5S3. The number of hydrogen-bond donors (Lipinski definition) is 3. The van der Waals surface area contributed by atoms with Crippen molar-refractivity contribution in [1.29, 1.82) is 0 Å². The first-order valence-electron chi connectivity index (χ1n) is 9.56. The SMILES string of the molecule is Nc1nc(/C(=N/O)C(=O)N[C@@H]2C(=O)N3C(C(=O)[O-])=C(CCSc4ccncc4)CS[C@H]23)cs1.[Na+]. The first-order valence-corrected chi connectivity index (χ1v) is 12.5. The van der Waals surface area contributed by atoms with Crippen LogP contribution in [0.2, 0.25) is 0 Å². The summed E-state index contributed by atoms with van der Waals surface area (Å²) < 4.78 is 0. The second-order valence-electron chi connectivity index (χ2n) is 6.90. The van der Waals surface area contributed by atoms with Crippen molar-refractivity contribution in [2.75, 3.05) is 17.2 Å². The van der Waals surface area contributed by atoms with Crippen molar-refractivity contribution in [3.05, 3.63) is 46.9 Å². The molecule has 0 aromatic carbocycles. The minimum atomic E-state index is -1.43. The number of thiazole rings is 1. The number of rotatable bonds is 8. The number of hydrogen-bond acceptors (Lipinski definition) is 12. The molecule has 4 N–H and O–H groups in total. The van der Waals surface area contributed by atoms with Gasteiger partial charge < -0.3 is 26.2 Å². The van der Waals surface area contributed by atoms with Gasteiger partial charge in [0.2, 0.25) is 0 Å². The molecule has 2 aromatic heterocycles. The van der Waals surface area contributed by atoms with Crippen LogP contribution in [0.15, 0.2) is 51.2 Å². The zero-order chi connectivity index (χ0) is 23.5. The van der Waals surface area contributed by atoms with Crippen molar-refractivity contribution < 1.29 is 54.3 Å². The molecule has 34 heavy (non-hydrogen) atoms. The first kappa shape index (κ1) is 26.5. The summed E-state index contributed by atoms with van der Waals surface area (Å²) in [5, 5.41) is 27.6. The van der Waals surface area contributed by atoms with Crippen molar-refractivity contribution in [1.82, 2.24) is 20.2 Å². The average Bonchev–Trinajstić information content (AvgIpc) is 3.23. The molecule has 2 atom stereocenters. The van der Waals surface area contributed by atoms with Crippen molar-refractivity contribution in [2.24, 2.45) is 5.16 Å². The van der Waals surface area contributed by atoms with Gasteiger partial charge in [-0.25, -0.2) is 4.98 Å². The molecule has 1 fully saturated rings. The molecule has 172 valence electrons. The molecule has 2 aliphatic heterocycles. The molecule has 0 saturated carbocycles. The standard InChI is InChI=1S/C19H18N6O5S3.Na/c20-19-22-11(8-33-19)12(24-30)15(26)23-13-16(27)25-14(18(28)29)9(7-32-17(13)25)3-6-31-10-1-4-21-5-2-10;/h1-2,4-5,8,13,17,30H,3,6-7H2,(H2,20,22)(H,23,26)(H,28,29);/q;+1/p-1/b24-12-;/t13-,17-;/m1./s1. The monoisotopic (exact) mass is 528 g/mol. The number of oxime groups is 1. The number of nitrogens with one attached hydrogen (secondary N) is 1. The van der Waals surface area contributed by atoms with E-state index in [4.69, 9.17) is 5.73 Å². The third-order valence-electron chi connectivity index (χ3n) is 4.93. The summed E-state index contributed by atoms with van der Waals surface area (Å²) in [6.07, 6.45) is 3.82. The maximum absolute atomic E-state index is 12.8. The minimum Gasteiger partial charge on any atom is -0.543 e. The van der Waals surface area contributed by atoms with Crippen LogP contribution in [-0.4, -0.2) is 66.5 Å². The summed E-state index contributed by atoms with van der Waals surface area (Å²) in [5.74, 6) is -1.83. The number of β-lactam (4-membered cyclic amide) rings is 1. The molecule has 0 aliphatic carbocycles. The van der Waals surface area contributed by atoms with Gasteiger partial charge in [0.25, 0.3) is 11.8 Å². The zero-order valence-corrected chi connectivity index (χ0v) is 22.3. The maximum Gasteiger partial charge on any atom is 1.00 e. The van der Waals surface area contributed by atoms with Gasteiger partial charge in [0.1, 0.15) is 17.1 Å². The predicted octanol–water partition coefficient (Wildman–Crippen LogP) is -3.11. The summed E-state index contributed by atoms with van der Waals surface area (Å²) in [7, 11) is 0. The van der Waals surface area contributed by atoms with Crippen molar-refractivity contribution in [3.8, 4) is 0 Å². The molecule has 1 saturated heterocycles. The van der Waals surface area contributed by atoms with E-state index in [1.165, 1.54) is 17.1 Å². The van der Waals surface area contributed by atoms with Gasteiger partial charge in [-0.2, -0.15) is 0 Å². The summed E-state index contributed by atoms with van der Waals surface area (Å²) in [5.41, 5.74) is 5.69. The molecule has 2 amide bonds. The Kier molecular flexibility index (Phi) is 9.01. The smallest absolute Gasteiger partial charge is 0.543 e. The van der Waals surface area contributed by atoms with Gasteiger partial charge in [-0.3, -0.25) is 19.5 Å². The van der Waals surface area contributed by atoms with Crippen LogP contribution in [0.25, 0.3) is 0 Å². The van der Waals surface area contributed by atoms with Crippen LogP contribution in [0.5, 0.6) is 0 Å². The van der Waals surface area contributed by atoms with Gasteiger partial charge >= 0.3 is 29.6 Å². The number of carboxylic acid groups (broad SMARTS) is 1. The number of carboxylic acids is 1. The Morgan fingerprint density at radius 2 is 2.12 bits per heavy atom. The average molecular weight is 529 g/mol. The molecule has 2 aromatic rings. The van der Waals surface area contributed by atoms with Crippen molar-refractivity contribution in [2.45, 2.75) is 22.7 Å². The summed E-state index contributed by atoms with van der Waals surface area (Å²) in [4.78, 5) is 47.2. The Labute approximate surface area is 228 Å². The molecule has 4 heterocycles. The number of carbonyl (C=O) groups excluding carboxylic acids is 3. The topological polar surface area (TPSA) is 174 Å². The minimum absolute atomic E-state index is 0. The number of aromatic nitrogens is 2. The normalized spacial score (nSPS) is 19.7. The van der Waals surface area contributed by atoms with Gasteiger partial charge in [-0.1, -0.05) is 5.16 Å². The maximum atomic E-state index is 12.8. The number of pyridine rings is 1. The molecule has 4 rings (SSSR count). The Morgan fingerprint density at radius 3 is 2.74 bits per heavy atom. The number of nitrogen functional groups attached to an aromatic ring is 1. The quantitative estimate of drug-likeness (QED) is 0.0795. The van der Waals surface area contributed by atoms with Crippen LogP contribution in [-0.2, 0) is 14.4 Å².